The highest BCUT2D eigenvalue weighted by Gasteiger charge is 2.26. The largest absolute Gasteiger partial charge is 0.466 e. The summed E-state index contributed by atoms with van der Waals surface area (Å²) in [5.74, 6) is 2.08. The fourth-order valence-electron chi connectivity index (χ4n) is 2.70. The van der Waals surface area contributed by atoms with Gasteiger partial charge in [-0.3, -0.25) is 0 Å². The second-order valence-corrected chi connectivity index (χ2v) is 6.37. The topological polar surface area (TPSA) is 82.9 Å². The van der Waals surface area contributed by atoms with Crippen LogP contribution < -0.4 is 10.6 Å². The number of hydrogen-bond acceptors (Lipinski definition) is 4. The molecule has 0 aliphatic rings. The maximum absolute atomic E-state index is 10.5. The highest BCUT2D eigenvalue weighted by atomic mass is 16.4. The van der Waals surface area contributed by atoms with E-state index in [0.717, 1.165) is 29.7 Å². The summed E-state index contributed by atoms with van der Waals surface area (Å²) in [6.45, 7) is 5.29. The smallest absolute Gasteiger partial charge is 0.191 e. The lowest BCUT2D eigenvalue weighted by Gasteiger charge is -2.19. The first-order valence-corrected chi connectivity index (χ1v) is 8.84. The van der Waals surface area contributed by atoms with E-state index in [4.69, 9.17) is 8.83 Å². The fourth-order valence-corrected chi connectivity index (χ4v) is 2.70. The molecule has 1 atom stereocenters. The van der Waals surface area contributed by atoms with Crippen molar-refractivity contribution in [1.29, 1.82) is 0 Å². The molecule has 6 heteroatoms. The van der Waals surface area contributed by atoms with E-state index in [0.29, 0.717) is 18.3 Å². The monoisotopic (exact) mass is 355 g/mol. The molecule has 0 radical (unpaired) electrons. The van der Waals surface area contributed by atoms with Gasteiger partial charge in [0, 0.05) is 24.9 Å². The summed E-state index contributed by atoms with van der Waals surface area (Å²) in [5, 5.41) is 18.1. The summed E-state index contributed by atoms with van der Waals surface area (Å²) in [7, 11) is 0. The van der Waals surface area contributed by atoms with Crippen molar-refractivity contribution < 1.29 is 13.9 Å². The van der Waals surface area contributed by atoms with Crippen LogP contribution >= 0.6 is 0 Å². The van der Waals surface area contributed by atoms with Crippen molar-refractivity contribution in [1.82, 2.24) is 10.6 Å². The van der Waals surface area contributed by atoms with Gasteiger partial charge in [-0.05, 0) is 38.1 Å². The molecule has 2 aromatic heterocycles. The van der Waals surface area contributed by atoms with Crippen LogP contribution in [0.1, 0.15) is 25.4 Å². The minimum Gasteiger partial charge on any atom is -0.466 e. The molecular weight excluding hydrogens is 330 g/mol. The summed E-state index contributed by atoms with van der Waals surface area (Å²) in [6, 6.07) is 13.5. The van der Waals surface area contributed by atoms with E-state index in [9.17, 15) is 5.11 Å². The molecule has 0 spiro atoms. The van der Waals surface area contributed by atoms with Crippen LogP contribution in [0.3, 0.4) is 0 Å². The number of aliphatic hydroxyl groups is 1. The van der Waals surface area contributed by atoms with Crippen molar-refractivity contribution in [2.24, 2.45) is 4.99 Å². The number of furan rings is 2. The number of fused-ring (bicyclic) bond motifs is 1. The van der Waals surface area contributed by atoms with Gasteiger partial charge in [0.25, 0.3) is 0 Å². The van der Waals surface area contributed by atoms with Gasteiger partial charge in [0.05, 0.1) is 12.8 Å². The first-order valence-electron chi connectivity index (χ1n) is 8.84. The second kappa shape index (κ2) is 8.10. The van der Waals surface area contributed by atoms with E-state index in [1.165, 1.54) is 0 Å². The Bertz CT molecular complexity index is 817. The molecule has 1 unspecified atom stereocenters. The molecule has 138 valence electrons. The van der Waals surface area contributed by atoms with Crippen LogP contribution in [-0.2, 0) is 12.0 Å². The first kappa shape index (κ1) is 18.1. The lowest BCUT2D eigenvalue weighted by Crippen LogP contribution is -2.39. The minimum absolute atomic E-state index is 0.195. The van der Waals surface area contributed by atoms with E-state index >= 15 is 0 Å². The molecule has 0 bridgehead atoms. The van der Waals surface area contributed by atoms with Gasteiger partial charge in [-0.15, -0.1) is 0 Å². The molecule has 3 rings (SSSR count). The predicted molar refractivity (Wildman–Crippen MR) is 102 cm³/mol. The molecule has 0 aliphatic heterocycles. The van der Waals surface area contributed by atoms with Gasteiger partial charge in [-0.1, -0.05) is 18.2 Å². The summed E-state index contributed by atoms with van der Waals surface area (Å²) in [4.78, 5) is 4.47. The highest BCUT2D eigenvalue weighted by molar-refractivity contribution is 5.80. The average Bonchev–Trinajstić information content (AvgIpc) is 3.29. The van der Waals surface area contributed by atoms with Gasteiger partial charge < -0.3 is 24.6 Å². The Morgan fingerprint density at radius 1 is 1.19 bits per heavy atom. The molecule has 0 fully saturated rings. The zero-order chi connectivity index (χ0) is 18.4. The van der Waals surface area contributed by atoms with Crippen LogP contribution in [0.5, 0.6) is 0 Å². The number of rotatable bonds is 7. The van der Waals surface area contributed by atoms with Gasteiger partial charge >= 0.3 is 0 Å². The van der Waals surface area contributed by atoms with Crippen molar-refractivity contribution in [2.45, 2.75) is 25.9 Å². The third-order valence-electron chi connectivity index (χ3n) is 4.08. The average molecular weight is 355 g/mol. The van der Waals surface area contributed by atoms with E-state index in [1.54, 1.807) is 25.3 Å². The molecule has 0 saturated carbocycles. The Labute approximate surface area is 152 Å². The van der Waals surface area contributed by atoms with E-state index in [-0.39, 0.29) is 6.54 Å². The molecule has 2 heterocycles. The van der Waals surface area contributed by atoms with Crippen molar-refractivity contribution in [3.63, 3.8) is 0 Å². The van der Waals surface area contributed by atoms with Crippen LogP contribution in [0, 0.1) is 0 Å². The van der Waals surface area contributed by atoms with Crippen molar-refractivity contribution in [3.8, 4) is 0 Å². The van der Waals surface area contributed by atoms with Gasteiger partial charge in [-0.25, -0.2) is 4.99 Å². The zero-order valence-corrected chi connectivity index (χ0v) is 15.2. The van der Waals surface area contributed by atoms with Gasteiger partial charge in [-0.2, -0.15) is 0 Å². The number of nitrogens with zero attached hydrogens (tertiary/aromatic N) is 1. The first-order chi connectivity index (χ1) is 12.6. The Morgan fingerprint density at radius 2 is 2.04 bits per heavy atom. The Balaban J connectivity index is 1.57. The summed E-state index contributed by atoms with van der Waals surface area (Å²) >= 11 is 0. The minimum atomic E-state index is -1.15. The Morgan fingerprint density at radius 3 is 2.77 bits per heavy atom. The van der Waals surface area contributed by atoms with Gasteiger partial charge in [0.1, 0.15) is 22.7 Å². The molecule has 6 nitrogen and oxygen atoms in total. The number of para-hydroxylation sites is 1. The molecule has 0 amide bonds. The quantitative estimate of drug-likeness (QED) is 0.448. The highest BCUT2D eigenvalue weighted by Crippen LogP contribution is 2.21. The van der Waals surface area contributed by atoms with Crippen LogP contribution in [-0.4, -0.2) is 30.7 Å². The number of aliphatic imine (C=N–C) groups is 1. The summed E-state index contributed by atoms with van der Waals surface area (Å²) in [5.41, 5.74) is -0.248. The lowest BCUT2D eigenvalue weighted by molar-refractivity contribution is 0.0437. The molecule has 3 aromatic rings. The molecule has 3 N–H and O–H groups in total. The maximum atomic E-state index is 10.5. The second-order valence-electron chi connectivity index (χ2n) is 6.37. The SMILES string of the molecule is CCNC(=NCC(C)(O)c1ccco1)NCCc1cc2ccccc2o1. The third kappa shape index (κ3) is 4.46. The maximum Gasteiger partial charge on any atom is 0.191 e. The number of benzene rings is 1. The Kier molecular flexibility index (Phi) is 5.63. The van der Waals surface area contributed by atoms with E-state index < -0.39 is 5.60 Å². The predicted octanol–water partition coefficient (Wildman–Crippen LogP) is 3.03. The fraction of sp³-hybridized carbons (Fsp3) is 0.350. The molecule has 26 heavy (non-hydrogen) atoms. The van der Waals surface area contributed by atoms with Crippen molar-refractivity contribution >= 4 is 16.9 Å². The summed E-state index contributed by atoms with van der Waals surface area (Å²) in [6.07, 6.45) is 2.29. The molecule has 0 saturated heterocycles. The number of nitrogens with one attached hydrogen (secondary N) is 2. The van der Waals surface area contributed by atoms with E-state index in [1.807, 2.05) is 31.2 Å². The normalized spacial score (nSPS) is 14.3. The summed E-state index contributed by atoms with van der Waals surface area (Å²) < 4.78 is 11.1. The standard InChI is InChI=1S/C20H25N3O3/c1-3-21-19(23-14-20(2,24)18-9-6-12-25-18)22-11-10-16-13-15-7-4-5-8-17(15)26-16/h4-9,12-13,24H,3,10-11,14H2,1-2H3,(H2,21,22,23). The zero-order valence-electron chi connectivity index (χ0n) is 15.2. The molecule has 0 aliphatic carbocycles. The van der Waals surface area contributed by atoms with Crippen LogP contribution in [0.4, 0.5) is 0 Å². The van der Waals surface area contributed by atoms with Crippen LogP contribution in [0.2, 0.25) is 0 Å². The number of guanidine groups is 1. The molecular formula is C20H25N3O3. The van der Waals surface area contributed by atoms with Crippen LogP contribution in [0.15, 0.2) is 62.6 Å². The number of hydrogen-bond donors (Lipinski definition) is 3. The van der Waals surface area contributed by atoms with Crippen LogP contribution in [0.25, 0.3) is 11.0 Å². The third-order valence-corrected chi connectivity index (χ3v) is 4.08. The molecule has 1 aromatic carbocycles. The lowest BCUT2D eigenvalue weighted by atomic mass is 10.0. The Hall–Kier alpha value is -2.73. The van der Waals surface area contributed by atoms with Crippen molar-refractivity contribution in [3.05, 3.63) is 60.2 Å². The van der Waals surface area contributed by atoms with Crippen molar-refractivity contribution in [2.75, 3.05) is 19.6 Å². The van der Waals surface area contributed by atoms with Gasteiger partial charge in [0.2, 0.25) is 0 Å². The van der Waals surface area contributed by atoms with Gasteiger partial charge in [0.15, 0.2) is 5.96 Å². The van der Waals surface area contributed by atoms with E-state index in [2.05, 4.69) is 21.7 Å².